The van der Waals surface area contributed by atoms with Crippen molar-refractivity contribution in [2.45, 2.75) is 13.5 Å². The molecule has 0 aliphatic rings. The third-order valence-electron chi connectivity index (χ3n) is 4.55. The summed E-state index contributed by atoms with van der Waals surface area (Å²) in [6.45, 7) is 2.34. The van der Waals surface area contributed by atoms with Gasteiger partial charge < -0.3 is 27.3 Å². The van der Waals surface area contributed by atoms with Gasteiger partial charge in [0, 0.05) is 29.2 Å². The van der Waals surface area contributed by atoms with E-state index in [1.54, 1.807) is 36.7 Å². The Kier molecular flexibility index (Phi) is 13.7. The van der Waals surface area contributed by atoms with Gasteiger partial charge in [0.05, 0.1) is 11.9 Å². The number of carbonyl (C=O) groups excluding carboxylic acids is 1. The molecule has 186 valence electrons. The third-order valence-corrected chi connectivity index (χ3v) is 4.55. The topological polar surface area (TPSA) is 158 Å². The van der Waals surface area contributed by atoms with E-state index in [9.17, 15) is 4.79 Å². The maximum Gasteiger partial charge on any atom is 0.255 e. The molecule has 4 aromatic rings. The Balaban J connectivity index is 0.000000949. The number of hydrogen-bond donors (Lipinski definition) is 5. The molecule has 0 saturated carbocycles. The van der Waals surface area contributed by atoms with Crippen LogP contribution in [0.25, 0.3) is 11.1 Å². The number of nitrogens with two attached hydrogens (primary N) is 3. The highest BCUT2D eigenvalue weighted by atomic mass is 16.5. The molecule has 2 heterocycles. The number of aryl methyl sites for hydroxylation is 1. The van der Waals surface area contributed by atoms with Gasteiger partial charge in [0.15, 0.2) is 0 Å². The van der Waals surface area contributed by atoms with E-state index in [0.717, 1.165) is 28.1 Å². The monoisotopic (exact) mass is 477 g/mol. The molecule has 0 aliphatic carbocycles. The summed E-state index contributed by atoms with van der Waals surface area (Å²) in [4.78, 5) is 16.9. The van der Waals surface area contributed by atoms with E-state index in [4.69, 9.17) is 4.74 Å². The van der Waals surface area contributed by atoms with E-state index in [1.165, 1.54) is 21.1 Å². The average Bonchev–Trinajstić information content (AvgIpc) is 3.48. The molecule has 2 aromatic carbocycles. The molecule has 0 atom stereocenters. The number of rotatable bonds is 6. The second-order valence-electron chi connectivity index (χ2n) is 6.60. The quantitative estimate of drug-likeness (QED) is 0.285. The van der Waals surface area contributed by atoms with Gasteiger partial charge in [0.1, 0.15) is 12.4 Å². The van der Waals surface area contributed by atoms with Crippen LogP contribution >= 0.6 is 0 Å². The first-order valence-electron chi connectivity index (χ1n) is 11.0. The first-order chi connectivity index (χ1) is 17.2. The molecule has 35 heavy (non-hydrogen) atoms. The fraction of sp³-hybridized carbons (Fsp3) is 0.192. The van der Waals surface area contributed by atoms with Gasteiger partial charge in [-0.1, -0.05) is 18.2 Å². The summed E-state index contributed by atoms with van der Waals surface area (Å²) in [5, 5.41) is 9.76. The maximum atomic E-state index is 12.7. The largest absolute Gasteiger partial charge is 0.487 e. The normalized spacial score (nSPS) is 9.23. The van der Waals surface area contributed by atoms with Crippen molar-refractivity contribution in [3.8, 4) is 16.9 Å². The van der Waals surface area contributed by atoms with E-state index in [2.05, 4.69) is 37.7 Å². The molecule has 0 radical (unpaired) electrons. The second kappa shape index (κ2) is 16.5. The Morgan fingerprint density at radius 2 is 1.66 bits per heavy atom. The van der Waals surface area contributed by atoms with Crippen LogP contribution in [-0.4, -0.2) is 42.2 Å². The van der Waals surface area contributed by atoms with Crippen LogP contribution in [0, 0.1) is 6.92 Å². The molecule has 0 aliphatic heterocycles. The van der Waals surface area contributed by atoms with E-state index in [-0.39, 0.29) is 5.91 Å². The summed E-state index contributed by atoms with van der Waals surface area (Å²) in [6, 6.07) is 18.7. The minimum atomic E-state index is -0.172. The van der Waals surface area contributed by atoms with Gasteiger partial charge in [-0.3, -0.25) is 14.9 Å². The summed E-state index contributed by atoms with van der Waals surface area (Å²) < 4.78 is 5.72. The number of pyridine rings is 1. The van der Waals surface area contributed by atoms with Crippen molar-refractivity contribution in [2.24, 2.45) is 17.2 Å². The number of nitrogens with zero attached hydrogens (tertiary/aromatic N) is 2. The van der Waals surface area contributed by atoms with Crippen LogP contribution in [0.2, 0.25) is 0 Å². The number of H-pyrrole nitrogens is 1. The van der Waals surface area contributed by atoms with Crippen molar-refractivity contribution in [1.82, 2.24) is 15.2 Å². The molecule has 9 nitrogen and oxygen atoms in total. The third kappa shape index (κ3) is 9.01. The first-order valence-corrected chi connectivity index (χ1v) is 11.0. The molecule has 0 saturated heterocycles. The standard InChI is InChI=1S/C23H20N4O2.3CH5N/c1-16-5-6-18(19-13-25-26-14-19)12-22(16)27-23(28)17-7-9-21(10-8-17)29-15-20-4-2-3-11-24-20;3*1-2/h2-14H,15H2,1H3,(H,25,26)(H,27,28);3*2H2,1H3. The van der Waals surface area contributed by atoms with E-state index < -0.39 is 0 Å². The van der Waals surface area contributed by atoms with E-state index in [1.807, 2.05) is 49.5 Å². The predicted octanol–water partition coefficient (Wildman–Crippen LogP) is 3.34. The Labute approximate surface area is 206 Å². The fourth-order valence-electron chi connectivity index (χ4n) is 2.88. The van der Waals surface area contributed by atoms with E-state index in [0.29, 0.717) is 17.9 Å². The van der Waals surface area contributed by atoms with Gasteiger partial charge in [-0.15, -0.1) is 0 Å². The van der Waals surface area contributed by atoms with Crippen LogP contribution in [-0.2, 0) is 6.61 Å². The molecule has 8 N–H and O–H groups in total. The smallest absolute Gasteiger partial charge is 0.255 e. The number of benzene rings is 2. The molecule has 9 heteroatoms. The number of nitrogens with one attached hydrogen (secondary N) is 2. The first kappa shape index (κ1) is 29.0. The zero-order valence-electron chi connectivity index (χ0n) is 20.7. The van der Waals surface area contributed by atoms with Gasteiger partial charge in [0.2, 0.25) is 0 Å². The minimum absolute atomic E-state index is 0.172. The summed E-state index contributed by atoms with van der Waals surface area (Å²) in [5.74, 6) is 0.513. The number of aromatic amines is 1. The Hall–Kier alpha value is -4.05. The molecule has 0 unspecified atom stereocenters. The van der Waals surface area contributed by atoms with Crippen molar-refractivity contribution in [2.75, 3.05) is 26.5 Å². The van der Waals surface area contributed by atoms with Crippen molar-refractivity contribution < 1.29 is 9.53 Å². The Bertz CT molecular complexity index is 1100. The zero-order chi connectivity index (χ0) is 26.1. The lowest BCUT2D eigenvalue weighted by molar-refractivity contribution is 0.102. The second-order valence-corrected chi connectivity index (χ2v) is 6.60. The lowest BCUT2D eigenvalue weighted by atomic mass is 10.1. The van der Waals surface area contributed by atoms with Crippen LogP contribution in [0.3, 0.4) is 0 Å². The number of anilines is 1. The molecule has 0 bridgehead atoms. The van der Waals surface area contributed by atoms with Gasteiger partial charge in [0.25, 0.3) is 5.91 Å². The van der Waals surface area contributed by atoms with Gasteiger partial charge in [-0.25, -0.2) is 0 Å². The number of hydrogen-bond acceptors (Lipinski definition) is 7. The predicted molar refractivity (Wildman–Crippen MR) is 142 cm³/mol. The summed E-state index contributed by atoms with van der Waals surface area (Å²) in [5.41, 5.74) is 18.6. The summed E-state index contributed by atoms with van der Waals surface area (Å²) in [7, 11) is 4.50. The van der Waals surface area contributed by atoms with Crippen LogP contribution in [0.4, 0.5) is 5.69 Å². The lowest BCUT2D eigenvalue weighted by Crippen LogP contribution is -2.12. The molecule has 0 fully saturated rings. The van der Waals surface area contributed by atoms with Crippen molar-refractivity contribution in [3.05, 3.63) is 96.1 Å². The van der Waals surface area contributed by atoms with Crippen molar-refractivity contribution in [1.29, 1.82) is 0 Å². The molecule has 4 rings (SSSR count). The number of aromatic nitrogens is 3. The fourth-order valence-corrected chi connectivity index (χ4v) is 2.88. The number of ether oxygens (including phenoxy) is 1. The number of carbonyl (C=O) groups is 1. The molecule has 1 amide bonds. The van der Waals surface area contributed by atoms with E-state index >= 15 is 0 Å². The summed E-state index contributed by atoms with van der Waals surface area (Å²) in [6.07, 6.45) is 5.30. The van der Waals surface area contributed by atoms with Crippen LogP contribution in [0.1, 0.15) is 21.6 Å². The van der Waals surface area contributed by atoms with Crippen LogP contribution < -0.4 is 27.3 Å². The lowest BCUT2D eigenvalue weighted by Gasteiger charge is -2.11. The summed E-state index contributed by atoms with van der Waals surface area (Å²) >= 11 is 0. The highest BCUT2D eigenvalue weighted by Gasteiger charge is 2.10. The number of amides is 1. The van der Waals surface area contributed by atoms with Crippen LogP contribution in [0.5, 0.6) is 5.75 Å². The molecule has 2 aromatic heterocycles. The highest BCUT2D eigenvalue weighted by Crippen LogP contribution is 2.25. The van der Waals surface area contributed by atoms with Gasteiger partial charge in [-0.05, 0) is 81.7 Å². The highest BCUT2D eigenvalue weighted by molar-refractivity contribution is 6.05. The SMILES string of the molecule is CN.CN.CN.Cc1ccc(-c2cn[nH]c2)cc1NC(=O)c1ccc(OCc2ccccn2)cc1. The Morgan fingerprint density at radius 1 is 0.943 bits per heavy atom. The minimum Gasteiger partial charge on any atom is -0.487 e. The van der Waals surface area contributed by atoms with Crippen molar-refractivity contribution >= 4 is 11.6 Å². The van der Waals surface area contributed by atoms with Gasteiger partial charge in [-0.2, -0.15) is 5.10 Å². The van der Waals surface area contributed by atoms with Crippen molar-refractivity contribution in [3.63, 3.8) is 0 Å². The average molecular weight is 478 g/mol. The molecule has 0 spiro atoms. The zero-order valence-corrected chi connectivity index (χ0v) is 20.7. The maximum absolute atomic E-state index is 12.7. The Morgan fingerprint density at radius 3 is 2.26 bits per heavy atom. The molecular formula is C26H35N7O2. The van der Waals surface area contributed by atoms with Crippen LogP contribution in [0.15, 0.2) is 79.3 Å². The van der Waals surface area contributed by atoms with Gasteiger partial charge >= 0.3 is 0 Å². The molecular weight excluding hydrogens is 442 g/mol.